The molecule has 0 unspecified atom stereocenters. The largest absolute Gasteiger partial charge is 0.356 e. The highest BCUT2D eigenvalue weighted by molar-refractivity contribution is 6.35. The van der Waals surface area contributed by atoms with Gasteiger partial charge in [0.15, 0.2) is 5.56 Å². The fourth-order valence-corrected chi connectivity index (χ4v) is 2.16. The van der Waals surface area contributed by atoms with Crippen molar-refractivity contribution in [2.45, 2.75) is 0 Å². The van der Waals surface area contributed by atoms with Crippen molar-refractivity contribution in [2.24, 2.45) is 0 Å². The molecule has 0 spiro atoms. The van der Waals surface area contributed by atoms with Gasteiger partial charge in [-0.25, -0.2) is 14.6 Å². The second-order valence-electron chi connectivity index (χ2n) is 4.15. The van der Waals surface area contributed by atoms with E-state index in [4.69, 9.17) is 0 Å². The molecule has 7 heteroatoms. The molecule has 0 atom stereocenters. The highest BCUT2D eigenvalue weighted by Gasteiger charge is 2.48. The summed E-state index contributed by atoms with van der Waals surface area (Å²) < 4.78 is 0. The number of anilines is 1. The first-order chi connectivity index (χ1) is 9.61. The lowest BCUT2D eigenvalue weighted by Crippen LogP contribution is -2.34. The van der Waals surface area contributed by atoms with Gasteiger partial charge in [-0.1, -0.05) is 12.1 Å². The fourth-order valence-electron chi connectivity index (χ4n) is 2.16. The predicted molar refractivity (Wildman–Crippen MR) is 67.2 cm³/mol. The number of nitro benzene ring substituents is 1. The Morgan fingerprint density at radius 2 is 1.85 bits per heavy atom. The molecule has 0 bridgehead atoms. The van der Waals surface area contributed by atoms with Gasteiger partial charge in [-0.05, 0) is 12.1 Å². The average Bonchev–Trinajstić information content (AvgIpc) is 2.72. The minimum Gasteiger partial charge on any atom is -0.258 e. The number of fused-ring (bicyclic) bond motifs is 1. The standard InChI is InChI=1S/C13H7N3O4/c17-12-8-4-3-5-9(16(19)20)11(8)13(18)15(12)10-6-1-2-7-14-10/h1-7H/p+1. The molecule has 1 aromatic heterocycles. The van der Waals surface area contributed by atoms with Gasteiger partial charge >= 0.3 is 11.8 Å². The number of nitro groups is 1. The number of hydrogen-bond acceptors (Lipinski definition) is 4. The number of carbonyl (C=O) groups excluding carboxylic acids is 2. The number of aromatic amines is 1. The number of carbonyl (C=O) groups is 2. The summed E-state index contributed by atoms with van der Waals surface area (Å²) in [7, 11) is 0. The number of nitrogens with one attached hydrogen (secondary N) is 1. The quantitative estimate of drug-likeness (QED) is 0.465. The van der Waals surface area contributed by atoms with E-state index < -0.39 is 16.7 Å². The van der Waals surface area contributed by atoms with Crippen LogP contribution in [-0.2, 0) is 0 Å². The number of benzene rings is 1. The Morgan fingerprint density at radius 3 is 2.50 bits per heavy atom. The molecule has 20 heavy (non-hydrogen) atoms. The van der Waals surface area contributed by atoms with Crippen molar-refractivity contribution in [3.63, 3.8) is 0 Å². The van der Waals surface area contributed by atoms with E-state index in [0.717, 1.165) is 4.90 Å². The second-order valence-corrected chi connectivity index (χ2v) is 4.15. The third kappa shape index (κ3) is 1.57. The number of aromatic nitrogens is 1. The first-order valence-electron chi connectivity index (χ1n) is 5.74. The van der Waals surface area contributed by atoms with Gasteiger partial charge in [-0.15, -0.1) is 4.90 Å². The van der Waals surface area contributed by atoms with Gasteiger partial charge in [-0.2, -0.15) is 0 Å². The van der Waals surface area contributed by atoms with Crippen LogP contribution in [0.25, 0.3) is 0 Å². The maximum absolute atomic E-state index is 12.3. The molecule has 0 saturated heterocycles. The Balaban J connectivity index is 2.18. The highest BCUT2D eigenvalue weighted by Crippen LogP contribution is 2.32. The summed E-state index contributed by atoms with van der Waals surface area (Å²) in [5.74, 6) is -0.996. The summed E-state index contributed by atoms with van der Waals surface area (Å²) in [4.78, 5) is 38.5. The number of amides is 2. The maximum Gasteiger partial charge on any atom is 0.356 e. The average molecular weight is 270 g/mol. The molecule has 1 aliphatic rings. The van der Waals surface area contributed by atoms with Crippen LogP contribution in [0.1, 0.15) is 20.7 Å². The molecular weight excluding hydrogens is 262 g/mol. The molecular formula is C13H8N3O4+. The van der Waals surface area contributed by atoms with Crippen molar-refractivity contribution in [1.82, 2.24) is 0 Å². The van der Waals surface area contributed by atoms with E-state index in [0.29, 0.717) is 0 Å². The number of nitrogens with zero attached hydrogens (tertiary/aromatic N) is 2. The van der Waals surface area contributed by atoms with E-state index in [2.05, 4.69) is 4.98 Å². The molecule has 0 aliphatic carbocycles. The number of pyridine rings is 1. The van der Waals surface area contributed by atoms with Crippen LogP contribution in [0.2, 0.25) is 0 Å². The maximum atomic E-state index is 12.3. The lowest BCUT2D eigenvalue weighted by Gasteiger charge is -2.02. The van der Waals surface area contributed by atoms with E-state index in [1.165, 1.54) is 18.2 Å². The van der Waals surface area contributed by atoms with Gasteiger partial charge in [-0.3, -0.25) is 10.1 Å². The molecule has 0 radical (unpaired) electrons. The lowest BCUT2D eigenvalue weighted by atomic mass is 10.1. The SMILES string of the molecule is O=C1c2cccc([N+](=O)[O-])c2C(=O)N1c1cccc[nH+]1. The van der Waals surface area contributed by atoms with Crippen LogP contribution in [0.4, 0.5) is 11.5 Å². The Labute approximate surface area is 112 Å². The second kappa shape index (κ2) is 4.23. The number of rotatable bonds is 2. The summed E-state index contributed by atoms with van der Waals surface area (Å²) in [5, 5.41) is 11.0. The minimum atomic E-state index is -0.695. The zero-order chi connectivity index (χ0) is 14.3. The van der Waals surface area contributed by atoms with Gasteiger partial charge in [0.2, 0.25) is 0 Å². The van der Waals surface area contributed by atoms with Gasteiger partial charge in [0.05, 0.1) is 16.7 Å². The molecule has 3 rings (SSSR count). The Bertz CT molecular complexity index is 743. The Kier molecular flexibility index (Phi) is 2.53. The van der Waals surface area contributed by atoms with E-state index in [1.807, 2.05) is 0 Å². The molecule has 1 aliphatic heterocycles. The molecule has 2 aromatic rings. The van der Waals surface area contributed by atoms with Crippen LogP contribution in [-0.4, -0.2) is 16.7 Å². The van der Waals surface area contributed by atoms with E-state index in [1.54, 1.807) is 24.4 Å². The zero-order valence-electron chi connectivity index (χ0n) is 10.1. The third-order valence-corrected chi connectivity index (χ3v) is 3.02. The number of H-pyrrole nitrogens is 1. The van der Waals surface area contributed by atoms with E-state index in [-0.39, 0.29) is 22.6 Å². The lowest BCUT2D eigenvalue weighted by molar-refractivity contribution is -0.385. The number of imide groups is 1. The third-order valence-electron chi connectivity index (χ3n) is 3.02. The first kappa shape index (κ1) is 12.0. The summed E-state index contributed by atoms with van der Waals surface area (Å²) in [6.45, 7) is 0. The molecule has 98 valence electrons. The molecule has 0 saturated carbocycles. The summed E-state index contributed by atoms with van der Waals surface area (Å²) in [5.41, 5.74) is -0.486. The summed E-state index contributed by atoms with van der Waals surface area (Å²) in [6, 6.07) is 8.91. The topological polar surface area (TPSA) is 94.7 Å². The summed E-state index contributed by atoms with van der Waals surface area (Å²) in [6.07, 6.45) is 1.56. The van der Waals surface area contributed by atoms with Crippen molar-refractivity contribution in [3.05, 3.63) is 63.8 Å². The van der Waals surface area contributed by atoms with Crippen LogP contribution < -0.4 is 9.88 Å². The molecule has 2 amide bonds. The molecule has 7 nitrogen and oxygen atoms in total. The Morgan fingerprint density at radius 1 is 1.05 bits per heavy atom. The van der Waals surface area contributed by atoms with Crippen LogP contribution in [0.3, 0.4) is 0 Å². The van der Waals surface area contributed by atoms with Gasteiger partial charge in [0, 0.05) is 12.1 Å². The molecule has 1 N–H and O–H groups in total. The normalized spacial score (nSPS) is 13.5. The van der Waals surface area contributed by atoms with E-state index in [9.17, 15) is 19.7 Å². The summed E-state index contributed by atoms with van der Waals surface area (Å²) >= 11 is 0. The zero-order valence-corrected chi connectivity index (χ0v) is 10.1. The molecule has 2 heterocycles. The van der Waals surface area contributed by atoms with Gasteiger partial charge < -0.3 is 0 Å². The van der Waals surface area contributed by atoms with Gasteiger partial charge in [0.1, 0.15) is 0 Å². The predicted octanol–water partition coefficient (Wildman–Crippen LogP) is 1.21. The van der Waals surface area contributed by atoms with Crippen molar-refractivity contribution in [2.75, 3.05) is 4.90 Å². The van der Waals surface area contributed by atoms with Crippen LogP contribution >= 0.6 is 0 Å². The van der Waals surface area contributed by atoms with E-state index >= 15 is 0 Å². The number of hydrogen-bond donors (Lipinski definition) is 0. The Hall–Kier alpha value is -3.09. The van der Waals surface area contributed by atoms with Crippen molar-refractivity contribution >= 4 is 23.3 Å². The molecule has 1 aromatic carbocycles. The van der Waals surface area contributed by atoms with Crippen molar-refractivity contribution in [1.29, 1.82) is 0 Å². The minimum absolute atomic E-state index is 0.0430. The monoisotopic (exact) mass is 270 g/mol. The highest BCUT2D eigenvalue weighted by atomic mass is 16.6. The van der Waals surface area contributed by atoms with Crippen LogP contribution in [0.15, 0.2) is 42.6 Å². The fraction of sp³-hybridized carbons (Fsp3) is 0. The first-order valence-corrected chi connectivity index (χ1v) is 5.74. The smallest absolute Gasteiger partial charge is 0.258 e. The van der Waals surface area contributed by atoms with Crippen molar-refractivity contribution < 1.29 is 19.5 Å². The molecule has 0 fully saturated rings. The van der Waals surface area contributed by atoms with Crippen LogP contribution in [0, 0.1) is 10.1 Å². The van der Waals surface area contributed by atoms with Crippen LogP contribution in [0.5, 0.6) is 0 Å². The van der Waals surface area contributed by atoms with Gasteiger partial charge in [0.25, 0.3) is 11.5 Å². The van der Waals surface area contributed by atoms with Crippen molar-refractivity contribution in [3.8, 4) is 0 Å².